The molecule has 0 radical (unpaired) electrons. The Morgan fingerprint density at radius 3 is 2.17 bits per heavy atom. The third-order valence-electron chi connectivity index (χ3n) is 1.11. The zero-order valence-corrected chi connectivity index (χ0v) is 8.72. The summed E-state index contributed by atoms with van der Waals surface area (Å²) in [6.07, 6.45) is 0. The maximum Gasteiger partial charge on any atom is 0.363 e. The van der Waals surface area contributed by atoms with Crippen molar-refractivity contribution >= 4 is 15.0 Å². The molecule has 0 aliphatic heterocycles. The SMILES string of the molecule is C=C(P(C)(=O)O)P(=O)(O)OCC. The third-order valence-corrected chi connectivity index (χ3v) is 5.20. The van der Waals surface area contributed by atoms with Crippen molar-refractivity contribution in [1.29, 1.82) is 0 Å². The van der Waals surface area contributed by atoms with Gasteiger partial charge in [0.2, 0.25) is 7.37 Å². The van der Waals surface area contributed by atoms with Crippen LogP contribution >= 0.6 is 15.0 Å². The predicted octanol–water partition coefficient (Wildman–Crippen LogP) is 1.58. The van der Waals surface area contributed by atoms with E-state index in [0.717, 1.165) is 6.66 Å². The fourth-order valence-electron chi connectivity index (χ4n) is 0.484. The van der Waals surface area contributed by atoms with E-state index in [2.05, 4.69) is 11.1 Å². The van der Waals surface area contributed by atoms with Crippen LogP contribution in [0.1, 0.15) is 6.92 Å². The highest BCUT2D eigenvalue weighted by atomic mass is 31.2. The lowest BCUT2D eigenvalue weighted by atomic mass is 10.9. The molecule has 72 valence electrons. The monoisotopic (exact) mass is 214 g/mol. The molecule has 0 saturated carbocycles. The second-order valence-electron chi connectivity index (χ2n) is 2.23. The minimum atomic E-state index is -4.11. The molecule has 0 spiro atoms. The first kappa shape index (κ1) is 12.1. The fourth-order valence-corrected chi connectivity index (χ4v) is 3.03. The van der Waals surface area contributed by atoms with Crippen molar-refractivity contribution in [2.24, 2.45) is 0 Å². The zero-order chi connectivity index (χ0) is 9.99. The van der Waals surface area contributed by atoms with Gasteiger partial charge in [-0.05, 0) is 6.92 Å². The van der Waals surface area contributed by atoms with Gasteiger partial charge in [0, 0.05) is 6.66 Å². The normalized spacial score (nSPS) is 21.0. The van der Waals surface area contributed by atoms with Crippen molar-refractivity contribution in [2.45, 2.75) is 6.92 Å². The van der Waals surface area contributed by atoms with Gasteiger partial charge in [0.25, 0.3) is 0 Å². The third kappa shape index (κ3) is 3.21. The van der Waals surface area contributed by atoms with E-state index >= 15 is 0 Å². The van der Waals surface area contributed by atoms with Gasteiger partial charge in [-0.15, -0.1) is 0 Å². The predicted molar refractivity (Wildman–Crippen MR) is 46.3 cm³/mol. The van der Waals surface area contributed by atoms with Crippen LogP contribution in [0.3, 0.4) is 0 Å². The van der Waals surface area contributed by atoms with Crippen molar-refractivity contribution < 1.29 is 23.4 Å². The van der Waals surface area contributed by atoms with Gasteiger partial charge in [-0.2, -0.15) is 0 Å². The highest BCUT2D eigenvalue weighted by Crippen LogP contribution is 2.65. The molecule has 2 unspecified atom stereocenters. The van der Waals surface area contributed by atoms with Crippen LogP contribution in [0.4, 0.5) is 0 Å². The van der Waals surface area contributed by atoms with E-state index in [1.807, 2.05) is 0 Å². The summed E-state index contributed by atoms with van der Waals surface area (Å²) in [4.78, 5) is 17.9. The maximum atomic E-state index is 11.1. The van der Waals surface area contributed by atoms with Crippen LogP contribution < -0.4 is 0 Å². The smallest absolute Gasteiger partial charge is 0.341 e. The fraction of sp³-hybridized carbons (Fsp3) is 0.600. The lowest BCUT2D eigenvalue weighted by Gasteiger charge is -2.14. The molecule has 0 aliphatic rings. The van der Waals surface area contributed by atoms with Crippen LogP contribution in [-0.2, 0) is 13.7 Å². The van der Waals surface area contributed by atoms with Crippen molar-refractivity contribution in [3.05, 3.63) is 11.6 Å². The molecule has 0 amide bonds. The van der Waals surface area contributed by atoms with Gasteiger partial charge in [-0.25, -0.2) is 0 Å². The maximum absolute atomic E-state index is 11.1. The average molecular weight is 214 g/mol. The first-order valence-electron chi connectivity index (χ1n) is 3.19. The molecule has 0 bridgehead atoms. The number of hydrogen-bond acceptors (Lipinski definition) is 3. The molecule has 0 rings (SSSR count). The quantitative estimate of drug-likeness (QED) is 0.694. The van der Waals surface area contributed by atoms with Crippen LogP contribution in [0.25, 0.3) is 0 Å². The van der Waals surface area contributed by atoms with Crippen LogP contribution in [0.2, 0.25) is 0 Å². The molecule has 12 heavy (non-hydrogen) atoms. The largest absolute Gasteiger partial charge is 0.363 e. The second-order valence-corrected chi connectivity index (χ2v) is 6.72. The van der Waals surface area contributed by atoms with Gasteiger partial charge >= 0.3 is 7.60 Å². The average Bonchev–Trinajstić information content (AvgIpc) is 1.84. The summed E-state index contributed by atoms with van der Waals surface area (Å²) in [6, 6.07) is 0. The molecule has 0 heterocycles. The summed E-state index contributed by atoms with van der Waals surface area (Å²) in [5.74, 6) is 0. The minimum absolute atomic E-state index is 0.00715. The summed E-state index contributed by atoms with van der Waals surface area (Å²) >= 11 is 0. The van der Waals surface area contributed by atoms with Gasteiger partial charge in [0.05, 0.1) is 6.61 Å². The van der Waals surface area contributed by atoms with Crippen molar-refractivity contribution in [3.63, 3.8) is 0 Å². The van der Waals surface area contributed by atoms with Crippen LogP contribution in [-0.4, -0.2) is 23.1 Å². The Morgan fingerprint density at radius 1 is 1.50 bits per heavy atom. The molecule has 0 fully saturated rings. The summed E-state index contributed by atoms with van der Waals surface area (Å²) < 4.78 is 26.3. The standard InChI is InChI=1S/C5H12O5P2/c1-4-10-12(8,9)5(2)11(3,6)7/h2,4H2,1,3H3,(H,6,7)(H,8,9). The molecule has 0 aromatic rings. The van der Waals surface area contributed by atoms with E-state index in [4.69, 9.17) is 9.79 Å². The van der Waals surface area contributed by atoms with E-state index in [9.17, 15) is 9.13 Å². The Hall–Kier alpha value is 0.0800. The Balaban J connectivity index is 4.71. The molecule has 0 aliphatic carbocycles. The van der Waals surface area contributed by atoms with Crippen LogP contribution in [0.15, 0.2) is 11.6 Å². The van der Waals surface area contributed by atoms with Crippen LogP contribution in [0.5, 0.6) is 0 Å². The molecule has 5 nitrogen and oxygen atoms in total. The van der Waals surface area contributed by atoms with Crippen molar-refractivity contribution in [1.82, 2.24) is 0 Å². The Morgan fingerprint density at radius 2 is 1.92 bits per heavy atom. The molecule has 2 atom stereocenters. The highest BCUT2D eigenvalue weighted by Gasteiger charge is 2.33. The minimum Gasteiger partial charge on any atom is -0.341 e. The van der Waals surface area contributed by atoms with Gasteiger partial charge in [-0.3, -0.25) is 9.13 Å². The molecule has 0 aromatic heterocycles. The number of hydrogen-bond donors (Lipinski definition) is 2. The molecular weight excluding hydrogens is 202 g/mol. The van der Waals surface area contributed by atoms with E-state index in [1.165, 1.54) is 6.92 Å². The van der Waals surface area contributed by atoms with E-state index in [0.29, 0.717) is 0 Å². The first-order chi connectivity index (χ1) is 5.22. The molecule has 0 saturated heterocycles. The Kier molecular flexibility index (Phi) is 3.88. The van der Waals surface area contributed by atoms with Crippen molar-refractivity contribution in [2.75, 3.05) is 13.3 Å². The van der Waals surface area contributed by atoms with Gasteiger partial charge in [0.15, 0.2) is 0 Å². The molecule has 7 heteroatoms. The van der Waals surface area contributed by atoms with Crippen LogP contribution in [0, 0.1) is 0 Å². The second kappa shape index (κ2) is 3.86. The van der Waals surface area contributed by atoms with E-state index < -0.39 is 20.0 Å². The van der Waals surface area contributed by atoms with E-state index in [-0.39, 0.29) is 6.61 Å². The lowest BCUT2D eigenvalue weighted by molar-refractivity contribution is 0.281. The summed E-state index contributed by atoms with van der Waals surface area (Å²) in [5.41, 5.74) is 0. The Labute approximate surface area is 71.1 Å². The van der Waals surface area contributed by atoms with Crippen molar-refractivity contribution in [3.8, 4) is 0 Å². The zero-order valence-electron chi connectivity index (χ0n) is 6.93. The summed E-state index contributed by atoms with van der Waals surface area (Å²) in [5, 5.41) is -0.628. The van der Waals surface area contributed by atoms with Gasteiger partial charge < -0.3 is 14.3 Å². The number of rotatable bonds is 4. The van der Waals surface area contributed by atoms with Gasteiger partial charge in [0.1, 0.15) is 5.06 Å². The van der Waals surface area contributed by atoms with Gasteiger partial charge in [-0.1, -0.05) is 6.58 Å². The molecule has 0 aromatic carbocycles. The molecular formula is C5H12O5P2. The summed E-state index contributed by atoms with van der Waals surface area (Å²) in [6.45, 7) is 5.51. The lowest BCUT2D eigenvalue weighted by Crippen LogP contribution is -1.92. The molecule has 2 N–H and O–H groups in total. The Bertz CT molecular complexity index is 265. The highest BCUT2D eigenvalue weighted by molar-refractivity contribution is 7.79. The first-order valence-corrected chi connectivity index (χ1v) is 6.88. The summed E-state index contributed by atoms with van der Waals surface area (Å²) in [7, 11) is -7.85. The van der Waals surface area contributed by atoms with E-state index in [1.54, 1.807) is 0 Å². The topological polar surface area (TPSA) is 83.8 Å².